The van der Waals surface area contributed by atoms with Crippen molar-refractivity contribution in [2.45, 2.75) is 12.5 Å². The van der Waals surface area contributed by atoms with Gasteiger partial charge in [-0.2, -0.15) is 0 Å². The van der Waals surface area contributed by atoms with Gasteiger partial charge in [-0.3, -0.25) is 19.3 Å². The Morgan fingerprint density at radius 3 is 2.45 bits per heavy atom. The number of hydrogen-bond donors (Lipinski definition) is 3. The van der Waals surface area contributed by atoms with Crippen molar-refractivity contribution < 1.29 is 28.0 Å². The Kier molecular flexibility index (Phi) is 5.65. The summed E-state index contributed by atoms with van der Waals surface area (Å²) in [6.07, 6.45) is 1.38. The number of furan rings is 1. The molecule has 3 N–H and O–H groups in total. The van der Waals surface area contributed by atoms with Crippen LogP contribution in [0, 0.1) is 5.82 Å². The Balaban J connectivity index is 1.46. The van der Waals surface area contributed by atoms with Crippen molar-refractivity contribution in [3.63, 3.8) is 0 Å². The van der Waals surface area contributed by atoms with E-state index in [0.29, 0.717) is 5.69 Å². The number of urea groups is 1. The van der Waals surface area contributed by atoms with Crippen molar-refractivity contribution in [1.82, 2.24) is 10.2 Å². The molecule has 1 aliphatic rings. The zero-order valence-corrected chi connectivity index (χ0v) is 17.4. The minimum Gasteiger partial charge on any atom is -0.466 e. The molecule has 3 aromatic rings. The van der Waals surface area contributed by atoms with Gasteiger partial charge in [0.2, 0.25) is 5.91 Å². The number of nitrogens with one attached hydrogen (secondary N) is 3. The highest BCUT2D eigenvalue weighted by atomic mass is 19.1. The molecule has 4 rings (SSSR count). The molecule has 5 amide bonds. The molecule has 10 heteroatoms. The second kappa shape index (κ2) is 8.58. The number of hydrogen-bond acceptors (Lipinski definition) is 5. The van der Waals surface area contributed by atoms with Gasteiger partial charge in [-0.25, -0.2) is 9.18 Å². The van der Waals surface area contributed by atoms with E-state index in [2.05, 4.69) is 16.0 Å². The number of carbonyl (C=O) groups is 4. The van der Waals surface area contributed by atoms with Crippen LogP contribution in [0.2, 0.25) is 0 Å². The molecule has 0 spiro atoms. The van der Waals surface area contributed by atoms with Crippen LogP contribution in [0.5, 0.6) is 0 Å². The first-order valence-electron chi connectivity index (χ1n) is 9.92. The molecule has 168 valence electrons. The maximum atomic E-state index is 13.1. The summed E-state index contributed by atoms with van der Waals surface area (Å²) in [7, 11) is 0. The summed E-state index contributed by atoms with van der Waals surface area (Å²) in [5.41, 5.74) is -0.719. The highest BCUT2D eigenvalue weighted by Crippen LogP contribution is 2.29. The first-order valence-corrected chi connectivity index (χ1v) is 9.92. The summed E-state index contributed by atoms with van der Waals surface area (Å²) in [6.45, 7) is 0.925. The fourth-order valence-corrected chi connectivity index (χ4v) is 3.43. The molecule has 1 saturated heterocycles. The fraction of sp³-hybridized carbons (Fsp3) is 0.130. The minimum absolute atomic E-state index is 0.146. The molecule has 0 bridgehead atoms. The molecule has 0 radical (unpaired) electrons. The van der Waals surface area contributed by atoms with E-state index in [1.165, 1.54) is 49.6 Å². The second-order valence-corrected chi connectivity index (χ2v) is 7.48. The van der Waals surface area contributed by atoms with E-state index < -0.39 is 41.7 Å². The maximum absolute atomic E-state index is 13.1. The van der Waals surface area contributed by atoms with Crippen LogP contribution >= 0.6 is 0 Å². The van der Waals surface area contributed by atoms with Crippen LogP contribution in [0.15, 0.2) is 71.3 Å². The number of amides is 5. The first kappa shape index (κ1) is 21.8. The normalized spacial score (nSPS) is 17.6. The van der Waals surface area contributed by atoms with E-state index in [1.807, 2.05) is 0 Å². The van der Waals surface area contributed by atoms with Crippen LogP contribution in [-0.2, 0) is 15.1 Å². The average molecular weight is 450 g/mol. The SMILES string of the molecule is CC1(c2ccco2)NC(=O)N(CC(=O)Nc2ccccc2C(=O)Nc2ccc(F)cc2)C1=O. The van der Waals surface area contributed by atoms with E-state index in [0.717, 1.165) is 4.90 Å². The number of nitrogens with zero attached hydrogens (tertiary/aromatic N) is 1. The summed E-state index contributed by atoms with van der Waals surface area (Å²) in [6, 6.07) is 13.9. The smallest absolute Gasteiger partial charge is 0.325 e. The van der Waals surface area contributed by atoms with Crippen molar-refractivity contribution in [1.29, 1.82) is 0 Å². The largest absolute Gasteiger partial charge is 0.466 e. The topological polar surface area (TPSA) is 121 Å². The first-order chi connectivity index (χ1) is 15.8. The predicted molar refractivity (Wildman–Crippen MR) is 116 cm³/mol. The van der Waals surface area contributed by atoms with Crippen LogP contribution in [-0.4, -0.2) is 35.2 Å². The lowest BCUT2D eigenvalue weighted by Gasteiger charge is -2.19. The lowest BCUT2D eigenvalue weighted by molar-refractivity contribution is -0.134. The summed E-state index contributed by atoms with van der Waals surface area (Å²) < 4.78 is 18.3. The molecule has 2 aromatic carbocycles. The van der Waals surface area contributed by atoms with Gasteiger partial charge in [-0.15, -0.1) is 0 Å². The molecule has 1 fully saturated rings. The molecule has 0 aliphatic carbocycles. The van der Waals surface area contributed by atoms with Gasteiger partial charge in [-0.1, -0.05) is 12.1 Å². The fourth-order valence-electron chi connectivity index (χ4n) is 3.43. The quantitative estimate of drug-likeness (QED) is 0.499. The van der Waals surface area contributed by atoms with Gasteiger partial charge >= 0.3 is 6.03 Å². The third kappa shape index (κ3) is 4.31. The highest BCUT2D eigenvalue weighted by Gasteiger charge is 2.51. The number of anilines is 2. The van der Waals surface area contributed by atoms with Crippen molar-refractivity contribution in [2.24, 2.45) is 0 Å². The van der Waals surface area contributed by atoms with Gasteiger partial charge in [0.25, 0.3) is 11.8 Å². The Labute approximate surface area is 187 Å². The number of benzene rings is 2. The maximum Gasteiger partial charge on any atom is 0.325 e. The van der Waals surface area contributed by atoms with Gasteiger partial charge in [-0.05, 0) is 55.5 Å². The highest BCUT2D eigenvalue weighted by molar-refractivity contribution is 6.12. The lowest BCUT2D eigenvalue weighted by Crippen LogP contribution is -2.42. The molecule has 1 atom stereocenters. The van der Waals surface area contributed by atoms with Crippen molar-refractivity contribution in [3.8, 4) is 0 Å². The Morgan fingerprint density at radius 2 is 1.76 bits per heavy atom. The van der Waals surface area contributed by atoms with Crippen molar-refractivity contribution >= 4 is 35.1 Å². The summed E-state index contributed by atoms with van der Waals surface area (Å²) in [4.78, 5) is 51.3. The van der Waals surface area contributed by atoms with Gasteiger partial charge < -0.3 is 20.4 Å². The molecule has 1 aliphatic heterocycles. The molecule has 0 saturated carbocycles. The van der Waals surface area contributed by atoms with Gasteiger partial charge in [0.05, 0.1) is 17.5 Å². The summed E-state index contributed by atoms with van der Waals surface area (Å²) in [5, 5.41) is 7.71. The zero-order valence-electron chi connectivity index (χ0n) is 17.4. The zero-order chi connectivity index (χ0) is 23.6. The molecule has 1 aromatic heterocycles. The molecular formula is C23H19FN4O5. The third-order valence-electron chi connectivity index (χ3n) is 5.14. The number of carbonyl (C=O) groups excluding carboxylic acids is 4. The van der Waals surface area contributed by atoms with Crippen LogP contribution in [0.4, 0.5) is 20.6 Å². The minimum atomic E-state index is -1.42. The van der Waals surface area contributed by atoms with Gasteiger partial charge in [0.1, 0.15) is 18.1 Å². The van der Waals surface area contributed by atoms with Crippen LogP contribution in [0.25, 0.3) is 0 Å². The van der Waals surface area contributed by atoms with E-state index >= 15 is 0 Å². The van der Waals surface area contributed by atoms with E-state index in [1.54, 1.807) is 24.3 Å². The Bertz CT molecular complexity index is 1230. The Morgan fingerprint density at radius 1 is 1.03 bits per heavy atom. The predicted octanol–water partition coefficient (Wildman–Crippen LogP) is 3.08. The summed E-state index contributed by atoms with van der Waals surface area (Å²) in [5.74, 6) is -2.04. The van der Waals surface area contributed by atoms with Gasteiger partial charge in [0, 0.05) is 5.69 Å². The second-order valence-electron chi connectivity index (χ2n) is 7.48. The molecule has 1 unspecified atom stereocenters. The van der Waals surface area contributed by atoms with Gasteiger partial charge in [0.15, 0.2) is 5.54 Å². The number of halogens is 1. The van der Waals surface area contributed by atoms with Crippen LogP contribution < -0.4 is 16.0 Å². The van der Waals surface area contributed by atoms with E-state index in [9.17, 15) is 23.6 Å². The lowest BCUT2D eigenvalue weighted by atomic mass is 9.99. The summed E-state index contributed by atoms with van der Waals surface area (Å²) >= 11 is 0. The number of para-hydroxylation sites is 1. The van der Waals surface area contributed by atoms with E-state index in [4.69, 9.17) is 4.42 Å². The molecule has 2 heterocycles. The number of imide groups is 1. The Hall–Kier alpha value is -4.47. The molecule has 33 heavy (non-hydrogen) atoms. The molecule has 9 nitrogen and oxygen atoms in total. The van der Waals surface area contributed by atoms with Crippen molar-refractivity contribution in [3.05, 3.63) is 84.1 Å². The molecular weight excluding hydrogens is 431 g/mol. The van der Waals surface area contributed by atoms with Crippen LogP contribution in [0.3, 0.4) is 0 Å². The standard InChI is InChI=1S/C23H19FN4O5/c1-23(18-7-4-12-33-18)21(31)28(22(32)27-23)13-19(29)26-17-6-3-2-5-16(17)20(30)25-15-10-8-14(24)9-11-15/h2-12H,13H2,1H3,(H,25,30)(H,26,29)(H,27,32). The van der Waals surface area contributed by atoms with Crippen LogP contribution in [0.1, 0.15) is 23.0 Å². The number of rotatable bonds is 6. The van der Waals surface area contributed by atoms with E-state index in [-0.39, 0.29) is 17.0 Å². The third-order valence-corrected chi connectivity index (χ3v) is 5.14. The van der Waals surface area contributed by atoms with Crippen molar-refractivity contribution in [2.75, 3.05) is 17.2 Å². The average Bonchev–Trinajstić information content (AvgIpc) is 3.40. The monoisotopic (exact) mass is 450 g/mol.